The molecule has 0 bridgehead atoms. The average molecular weight is 402 g/mol. The molecule has 5 nitrogen and oxygen atoms in total. The molecule has 1 aromatic carbocycles. The summed E-state index contributed by atoms with van der Waals surface area (Å²) in [5, 5.41) is 5.94. The van der Waals surface area contributed by atoms with Gasteiger partial charge in [0.15, 0.2) is 0 Å². The molecule has 2 aromatic rings. The third-order valence-electron chi connectivity index (χ3n) is 5.65. The smallest absolute Gasteiger partial charge is 0.256 e. The van der Waals surface area contributed by atoms with Crippen molar-refractivity contribution in [2.24, 2.45) is 5.92 Å². The molecule has 1 saturated carbocycles. The number of hydrogen-bond donors (Lipinski definition) is 1. The number of carbonyl (C=O) groups excluding carboxylic acids is 2. The number of hydrogen-bond acceptors (Lipinski definition) is 4. The molecular formula is C21H24FN3O2S. The summed E-state index contributed by atoms with van der Waals surface area (Å²) < 4.78 is 14.0. The molecule has 0 radical (unpaired) electrons. The quantitative estimate of drug-likeness (QED) is 0.831. The fraction of sp³-hybridized carbons (Fsp3) is 0.476. The highest BCUT2D eigenvalue weighted by atomic mass is 32.1. The second kappa shape index (κ2) is 8.39. The van der Waals surface area contributed by atoms with Crippen LogP contribution in [0.15, 0.2) is 29.6 Å². The molecule has 1 aromatic heterocycles. The topological polar surface area (TPSA) is 62.3 Å². The van der Waals surface area contributed by atoms with Crippen LogP contribution in [0.5, 0.6) is 0 Å². The number of carbonyl (C=O) groups is 2. The Morgan fingerprint density at radius 1 is 1.21 bits per heavy atom. The van der Waals surface area contributed by atoms with Crippen LogP contribution in [-0.4, -0.2) is 34.8 Å². The van der Waals surface area contributed by atoms with Crippen LogP contribution in [0.3, 0.4) is 0 Å². The number of nitrogens with zero attached hydrogens (tertiary/aromatic N) is 2. The Bertz CT molecular complexity index is 865. The molecule has 1 saturated heterocycles. The van der Waals surface area contributed by atoms with Crippen molar-refractivity contribution in [1.29, 1.82) is 0 Å². The minimum Gasteiger partial charge on any atom is -0.350 e. The van der Waals surface area contributed by atoms with E-state index in [2.05, 4.69) is 10.3 Å². The minimum atomic E-state index is -0.478. The predicted molar refractivity (Wildman–Crippen MR) is 106 cm³/mol. The third kappa shape index (κ3) is 4.09. The Kier molecular flexibility index (Phi) is 5.71. The van der Waals surface area contributed by atoms with Gasteiger partial charge in [-0.1, -0.05) is 18.6 Å². The highest BCUT2D eigenvalue weighted by Crippen LogP contribution is 2.30. The lowest BCUT2D eigenvalue weighted by Crippen LogP contribution is -2.39. The number of halogens is 1. The van der Waals surface area contributed by atoms with Crippen LogP contribution in [0, 0.1) is 11.7 Å². The molecule has 28 heavy (non-hydrogen) atoms. The van der Waals surface area contributed by atoms with E-state index in [1.54, 1.807) is 28.4 Å². The standard InChI is InChI=1S/C21H24FN3O2S/c22-18-9-2-1-8-17(18)21(27)25-10-4-7-15(12-25)20-24-16(13-28-20)11-23-19(26)14-5-3-6-14/h1-2,8-9,13-15H,3-7,10-12H2,(H,23,26)/t15-/m0/s1. The maximum atomic E-state index is 14.0. The summed E-state index contributed by atoms with van der Waals surface area (Å²) in [5.74, 6) is -0.277. The van der Waals surface area contributed by atoms with E-state index in [0.717, 1.165) is 42.8 Å². The summed E-state index contributed by atoms with van der Waals surface area (Å²) >= 11 is 1.57. The molecule has 1 atom stereocenters. The van der Waals surface area contributed by atoms with Gasteiger partial charge in [-0.2, -0.15) is 0 Å². The number of aromatic nitrogens is 1. The first-order chi connectivity index (χ1) is 13.6. The molecule has 1 N–H and O–H groups in total. The van der Waals surface area contributed by atoms with E-state index in [9.17, 15) is 14.0 Å². The van der Waals surface area contributed by atoms with Gasteiger partial charge in [0.2, 0.25) is 5.91 Å². The molecular weight excluding hydrogens is 377 g/mol. The van der Waals surface area contributed by atoms with Crippen molar-refractivity contribution >= 4 is 23.2 Å². The van der Waals surface area contributed by atoms with Gasteiger partial charge >= 0.3 is 0 Å². The van der Waals surface area contributed by atoms with Crippen molar-refractivity contribution < 1.29 is 14.0 Å². The first-order valence-electron chi connectivity index (χ1n) is 9.87. The van der Waals surface area contributed by atoms with E-state index in [1.165, 1.54) is 12.1 Å². The van der Waals surface area contributed by atoms with Crippen LogP contribution < -0.4 is 5.32 Å². The van der Waals surface area contributed by atoms with Gasteiger partial charge in [-0.15, -0.1) is 11.3 Å². The minimum absolute atomic E-state index is 0.125. The summed E-state index contributed by atoms with van der Waals surface area (Å²) in [6, 6.07) is 6.13. The largest absolute Gasteiger partial charge is 0.350 e. The van der Waals surface area contributed by atoms with E-state index in [4.69, 9.17) is 0 Å². The zero-order chi connectivity index (χ0) is 19.5. The lowest BCUT2D eigenvalue weighted by Gasteiger charge is -2.32. The van der Waals surface area contributed by atoms with Crippen molar-refractivity contribution in [2.45, 2.75) is 44.6 Å². The van der Waals surface area contributed by atoms with Gasteiger partial charge in [0.25, 0.3) is 5.91 Å². The van der Waals surface area contributed by atoms with Gasteiger partial charge in [-0.3, -0.25) is 9.59 Å². The molecule has 4 rings (SSSR count). The Morgan fingerprint density at radius 2 is 2.04 bits per heavy atom. The number of likely N-dealkylation sites (tertiary alicyclic amines) is 1. The summed E-state index contributed by atoms with van der Waals surface area (Å²) in [5.41, 5.74) is 0.993. The summed E-state index contributed by atoms with van der Waals surface area (Å²) in [6.45, 7) is 1.64. The van der Waals surface area contributed by atoms with Gasteiger partial charge in [-0.05, 0) is 37.8 Å². The number of thiazole rings is 1. The molecule has 1 aliphatic heterocycles. The van der Waals surface area contributed by atoms with E-state index >= 15 is 0 Å². The third-order valence-corrected chi connectivity index (χ3v) is 6.71. The van der Waals surface area contributed by atoms with Gasteiger partial charge in [-0.25, -0.2) is 9.37 Å². The maximum Gasteiger partial charge on any atom is 0.256 e. The Balaban J connectivity index is 1.37. The van der Waals surface area contributed by atoms with Crippen molar-refractivity contribution in [2.75, 3.05) is 13.1 Å². The summed E-state index contributed by atoms with van der Waals surface area (Å²) in [6.07, 6.45) is 4.95. The van der Waals surface area contributed by atoms with Gasteiger partial charge in [0, 0.05) is 30.3 Å². The first-order valence-corrected chi connectivity index (χ1v) is 10.8. The molecule has 0 spiro atoms. The predicted octanol–water partition coefficient (Wildman–Crippen LogP) is 3.72. The van der Waals surface area contributed by atoms with E-state index in [1.807, 2.05) is 5.38 Å². The Labute approximate surface area is 168 Å². The fourth-order valence-corrected chi connectivity index (χ4v) is 4.70. The van der Waals surface area contributed by atoms with Crippen molar-refractivity contribution in [1.82, 2.24) is 15.2 Å². The highest BCUT2D eigenvalue weighted by molar-refractivity contribution is 7.09. The summed E-state index contributed by atoms with van der Waals surface area (Å²) in [7, 11) is 0. The number of piperidine rings is 1. The Morgan fingerprint density at radius 3 is 2.79 bits per heavy atom. The number of rotatable bonds is 5. The molecule has 2 fully saturated rings. The first kappa shape index (κ1) is 19.1. The molecule has 148 valence electrons. The number of nitrogens with one attached hydrogen (secondary N) is 1. The zero-order valence-corrected chi connectivity index (χ0v) is 16.5. The molecule has 2 heterocycles. The van der Waals surface area contributed by atoms with Crippen molar-refractivity contribution in [3.63, 3.8) is 0 Å². The fourth-order valence-electron chi connectivity index (χ4n) is 3.75. The van der Waals surface area contributed by atoms with E-state index in [-0.39, 0.29) is 29.2 Å². The van der Waals surface area contributed by atoms with Crippen LogP contribution >= 0.6 is 11.3 Å². The maximum absolute atomic E-state index is 14.0. The highest BCUT2D eigenvalue weighted by Gasteiger charge is 2.29. The van der Waals surface area contributed by atoms with Crippen LogP contribution in [0.1, 0.15) is 59.1 Å². The molecule has 1 aliphatic carbocycles. The van der Waals surface area contributed by atoms with Crippen LogP contribution in [-0.2, 0) is 11.3 Å². The van der Waals surface area contributed by atoms with E-state index < -0.39 is 5.82 Å². The number of amides is 2. The molecule has 2 amide bonds. The van der Waals surface area contributed by atoms with Gasteiger partial charge in [0.1, 0.15) is 5.82 Å². The van der Waals surface area contributed by atoms with E-state index in [0.29, 0.717) is 19.6 Å². The van der Waals surface area contributed by atoms with Crippen LogP contribution in [0.4, 0.5) is 4.39 Å². The number of benzene rings is 1. The zero-order valence-electron chi connectivity index (χ0n) is 15.7. The lowest BCUT2D eigenvalue weighted by atomic mass is 9.85. The second-order valence-electron chi connectivity index (χ2n) is 7.59. The monoisotopic (exact) mass is 401 g/mol. The SMILES string of the molecule is O=C(NCc1csc([C@H]2CCCN(C(=O)c3ccccc3F)C2)n1)C1CCC1. The Hall–Kier alpha value is -2.28. The lowest BCUT2D eigenvalue weighted by molar-refractivity contribution is -0.127. The van der Waals surface area contributed by atoms with Crippen molar-refractivity contribution in [3.8, 4) is 0 Å². The van der Waals surface area contributed by atoms with Crippen molar-refractivity contribution in [3.05, 3.63) is 51.7 Å². The van der Waals surface area contributed by atoms with Crippen LogP contribution in [0.2, 0.25) is 0 Å². The molecule has 0 unspecified atom stereocenters. The second-order valence-corrected chi connectivity index (χ2v) is 8.48. The molecule has 2 aliphatic rings. The van der Waals surface area contributed by atoms with Gasteiger partial charge in [0.05, 0.1) is 22.8 Å². The summed E-state index contributed by atoms with van der Waals surface area (Å²) in [4.78, 5) is 31.1. The normalized spacial score (nSPS) is 19.9. The van der Waals surface area contributed by atoms with Gasteiger partial charge < -0.3 is 10.2 Å². The van der Waals surface area contributed by atoms with Crippen LogP contribution in [0.25, 0.3) is 0 Å². The average Bonchev–Trinajstić information content (AvgIpc) is 3.14. The molecule has 7 heteroatoms.